The molecule has 0 unspecified atom stereocenters. The van der Waals surface area contributed by atoms with E-state index in [1.165, 1.54) is 14.6 Å². The Labute approximate surface area is 161 Å². The summed E-state index contributed by atoms with van der Waals surface area (Å²) in [5.41, 5.74) is 0.218. The number of aryl methyl sites for hydroxylation is 2. The van der Waals surface area contributed by atoms with E-state index in [0.29, 0.717) is 36.1 Å². The molecule has 3 heterocycles. The number of aromatic nitrogens is 2. The first-order chi connectivity index (χ1) is 13.1. The summed E-state index contributed by atoms with van der Waals surface area (Å²) in [6.45, 7) is 7.31. The van der Waals surface area contributed by atoms with Crippen LogP contribution in [0.4, 0.5) is 5.00 Å². The van der Waals surface area contributed by atoms with Crippen molar-refractivity contribution in [2.45, 2.75) is 20.4 Å². The van der Waals surface area contributed by atoms with Gasteiger partial charge in [-0.2, -0.15) is 5.10 Å². The van der Waals surface area contributed by atoms with E-state index in [4.69, 9.17) is 0 Å². The number of hydrogen-bond acceptors (Lipinski definition) is 5. The van der Waals surface area contributed by atoms with Crippen molar-refractivity contribution in [3.05, 3.63) is 57.3 Å². The predicted octanol–water partition coefficient (Wildman–Crippen LogP) is 2.75. The van der Waals surface area contributed by atoms with Gasteiger partial charge in [0.05, 0.1) is 10.4 Å². The van der Waals surface area contributed by atoms with Crippen molar-refractivity contribution >= 4 is 33.0 Å². The topological polar surface area (TPSA) is 58.4 Å². The molecule has 7 heteroatoms. The summed E-state index contributed by atoms with van der Waals surface area (Å²) in [7, 11) is 0. The van der Waals surface area contributed by atoms with Crippen LogP contribution in [0.25, 0.3) is 10.8 Å². The van der Waals surface area contributed by atoms with Gasteiger partial charge in [-0.1, -0.05) is 18.2 Å². The molecule has 0 saturated carbocycles. The number of nitrogens with zero attached hydrogens (tertiary/aromatic N) is 4. The number of thiophene rings is 1. The van der Waals surface area contributed by atoms with Crippen LogP contribution < -0.4 is 10.5 Å². The minimum atomic E-state index is -0.150. The lowest BCUT2D eigenvalue weighted by atomic mass is 10.1. The maximum atomic E-state index is 13.2. The van der Waals surface area contributed by atoms with E-state index in [-0.39, 0.29) is 11.5 Å². The van der Waals surface area contributed by atoms with Gasteiger partial charge in [0, 0.05) is 43.0 Å². The molecule has 4 rings (SSSR count). The summed E-state index contributed by atoms with van der Waals surface area (Å²) in [6, 6.07) is 11.5. The van der Waals surface area contributed by atoms with Crippen LogP contribution in [0.3, 0.4) is 0 Å². The molecule has 140 valence electrons. The number of fused-ring (bicyclic) bond motifs is 1. The number of anilines is 1. The maximum Gasteiger partial charge on any atom is 0.275 e. The molecule has 0 spiro atoms. The standard InChI is InChI=1S/C20H22N4O2S/c1-3-24-19(25)16-7-5-4-6-15(16)18(21-24)20(26)23-12-10-22(11-13-23)17-9-8-14(2)27-17/h4-9H,3,10-13H2,1-2H3. The molecule has 1 amide bonds. The van der Waals surface area contributed by atoms with Crippen molar-refractivity contribution in [1.82, 2.24) is 14.7 Å². The molecule has 0 bridgehead atoms. The molecule has 0 atom stereocenters. The Kier molecular flexibility index (Phi) is 4.70. The highest BCUT2D eigenvalue weighted by Crippen LogP contribution is 2.26. The molecule has 0 radical (unpaired) electrons. The van der Waals surface area contributed by atoms with Gasteiger partial charge in [0.1, 0.15) is 0 Å². The molecule has 2 aromatic heterocycles. The van der Waals surface area contributed by atoms with Crippen LogP contribution in [0.15, 0.2) is 41.2 Å². The van der Waals surface area contributed by atoms with Gasteiger partial charge in [-0.15, -0.1) is 11.3 Å². The second kappa shape index (κ2) is 7.15. The van der Waals surface area contributed by atoms with Gasteiger partial charge >= 0.3 is 0 Å². The lowest BCUT2D eigenvalue weighted by molar-refractivity contribution is 0.0740. The first-order valence-electron chi connectivity index (χ1n) is 9.19. The number of carbonyl (C=O) groups is 1. The van der Waals surface area contributed by atoms with Crippen molar-refractivity contribution in [2.24, 2.45) is 0 Å². The molecule has 1 saturated heterocycles. The Bertz CT molecular complexity index is 1050. The lowest BCUT2D eigenvalue weighted by Crippen LogP contribution is -2.49. The maximum absolute atomic E-state index is 13.2. The highest BCUT2D eigenvalue weighted by Gasteiger charge is 2.26. The largest absolute Gasteiger partial charge is 0.360 e. The van der Waals surface area contributed by atoms with E-state index >= 15 is 0 Å². The van der Waals surface area contributed by atoms with E-state index in [1.54, 1.807) is 17.4 Å². The monoisotopic (exact) mass is 382 g/mol. The number of rotatable bonds is 3. The van der Waals surface area contributed by atoms with Crippen LogP contribution in [0.1, 0.15) is 22.3 Å². The number of hydrogen-bond donors (Lipinski definition) is 0. The van der Waals surface area contributed by atoms with E-state index in [1.807, 2.05) is 30.0 Å². The van der Waals surface area contributed by atoms with Gasteiger partial charge in [0.25, 0.3) is 11.5 Å². The molecule has 6 nitrogen and oxygen atoms in total. The van der Waals surface area contributed by atoms with Gasteiger partial charge in [0.2, 0.25) is 0 Å². The van der Waals surface area contributed by atoms with Crippen LogP contribution in [-0.4, -0.2) is 46.8 Å². The smallest absolute Gasteiger partial charge is 0.275 e. The van der Waals surface area contributed by atoms with E-state index in [9.17, 15) is 9.59 Å². The van der Waals surface area contributed by atoms with E-state index in [2.05, 4.69) is 29.1 Å². The normalized spacial score (nSPS) is 14.7. The van der Waals surface area contributed by atoms with Gasteiger partial charge in [-0.25, -0.2) is 4.68 Å². The predicted molar refractivity (Wildman–Crippen MR) is 109 cm³/mol. The molecule has 1 aliphatic rings. The summed E-state index contributed by atoms with van der Waals surface area (Å²) in [4.78, 5) is 31.1. The van der Waals surface area contributed by atoms with Crippen molar-refractivity contribution in [2.75, 3.05) is 31.1 Å². The Morgan fingerprint density at radius 3 is 2.41 bits per heavy atom. The number of benzene rings is 1. The molecule has 3 aromatic rings. The number of carbonyl (C=O) groups excluding carboxylic acids is 1. The highest BCUT2D eigenvalue weighted by molar-refractivity contribution is 7.16. The first-order valence-corrected chi connectivity index (χ1v) is 10.0. The fraction of sp³-hybridized carbons (Fsp3) is 0.350. The zero-order valence-electron chi connectivity index (χ0n) is 15.5. The molecule has 1 aliphatic heterocycles. The summed E-state index contributed by atoms with van der Waals surface area (Å²) >= 11 is 1.78. The highest BCUT2D eigenvalue weighted by atomic mass is 32.1. The van der Waals surface area contributed by atoms with Crippen LogP contribution in [0.5, 0.6) is 0 Å². The number of piperazine rings is 1. The molecule has 0 aliphatic carbocycles. The van der Waals surface area contributed by atoms with Gasteiger partial charge in [0.15, 0.2) is 5.69 Å². The van der Waals surface area contributed by atoms with Crippen molar-refractivity contribution < 1.29 is 4.79 Å². The van der Waals surface area contributed by atoms with Crippen LogP contribution >= 0.6 is 11.3 Å². The van der Waals surface area contributed by atoms with Crippen molar-refractivity contribution in [1.29, 1.82) is 0 Å². The second-order valence-electron chi connectivity index (χ2n) is 6.68. The first kappa shape index (κ1) is 17.7. The lowest BCUT2D eigenvalue weighted by Gasteiger charge is -2.35. The van der Waals surface area contributed by atoms with Crippen LogP contribution in [0, 0.1) is 6.92 Å². The average molecular weight is 382 g/mol. The van der Waals surface area contributed by atoms with Gasteiger partial charge in [-0.3, -0.25) is 9.59 Å². The summed E-state index contributed by atoms with van der Waals surface area (Å²) in [5.74, 6) is -0.101. The summed E-state index contributed by atoms with van der Waals surface area (Å²) in [6.07, 6.45) is 0. The quantitative estimate of drug-likeness (QED) is 0.699. The zero-order chi connectivity index (χ0) is 19.0. The number of amides is 1. The zero-order valence-corrected chi connectivity index (χ0v) is 16.3. The Morgan fingerprint density at radius 2 is 1.78 bits per heavy atom. The van der Waals surface area contributed by atoms with E-state index in [0.717, 1.165) is 13.1 Å². The van der Waals surface area contributed by atoms with E-state index < -0.39 is 0 Å². The fourth-order valence-electron chi connectivity index (χ4n) is 3.48. The molecular weight excluding hydrogens is 360 g/mol. The Morgan fingerprint density at radius 1 is 1.07 bits per heavy atom. The van der Waals surface area contributed by atoms with Crippen molar-refractivity contribution in [3.8, 4) is 0 Å². The SMILES string of the molecule is CCn1nc(C(=O)N2CCN(c3ccc(C)s3)CC2)c2ccccc2c1=O. The Hall–Kier alpha value is -2.67. The third-order valence-electron chi connectivity index (χ3n) is 4.97. The molecule has 27 heavy (non-hydrogen) atoms. The summed E-state index contributed by atoms with van der Waals surface area (Å²) < 4.78 is 1.38. The summed E-state index contributed by atoms with van der Waals surface area (Å²) in [5, 5.41) is 6.81. The fourth-order valence-corrected chi connectivity index (χ4v) is 4.39. The molecule has 1 aromatic carbocycles. The average Bonchev–Trinajstić information content (AvgIpc) is 3.14. The van der Waals surface area contributed by atoms with Crippen LogP contribution in [0.2, 0.25) is 0 Å². The molecule has 1 fully saturated rings. The second-order valence-corrected chi connectivity index (χ2v) is 7.94. The third kappa shape index (κ3) is 3.23. The van der Waals surface area contributed by atoms with Crippen LogP contribution in [-0.2, 0) is 6.54 Å². The third-order valence-corrected chi connectivity index (χ3v) is 6.04. The minimum absolute atomic E-state index is 0.101. The van der Waals surface area contributed by atoms with Gasteiger partial charge in [-0.05, 0) is 32.0 Å². The Balaban J connectivity index is 1.60. The van der Waals surface area contributed by atoms with Gasteiger partial charge < -0.3 is 9.80 Å². The molecule has 0 N–H and O–H groups in total. The van der Waals surface area contributed by atoms with Crippen molar-refractivity contribution in [3.63, 3.8) is 0 Å². The minimum Gasteiger partial charge on any atom is -0.360 e. The molecular formula is C20H22N4O2S.